The second kappa shape index (κ2) is 13.0. The van der Waals surface area contributed by atoms with Crippen molar-refractivity contribution in [1.29, 1.82) is 0 Å². The van der Waals surface area contributed by atoms with Crippen LogP contribution in [-0.4, -0.2) is 54.4 Å². The second-order valence-electron chi connectivity index (χ2n) is 9.18. The standard InChI is InChI=1S/C28H34F3NO4/c1-4-35-28(34)10-9-24-25(14-21(29)15-27(24)31)19(3)36-17-23(33)16-32-11-5-6-22(32)12-20-8-7-18(2)26(30)13-20/h7-10,13-15,19,22-23,33H,4-6,11-12,16-17H2,1-3H3/t19-,22+,23-/m1/s1. The van der Waals surface area contributed by atoms with Gasteiger partial charge in [-0.15, -0.1) is 0 Å². The molecule has 1 heterocycles. The van der Waals surface area contributed by atoms with Gasteiger partial charge < -0.3 is 14.6 Å². The topological polar surface area (TPSA) is 59.0 Å². The summed E-state index contributed by atoms with van der Waals surface area (Å²) in [6.07, 6.45) is 3.40. The Kier molecular flexibility index (Phi) is 10.1. The Morgan fingerprint density at radius 2 is 2.00 bits per heavy atom. The first-order valence-electron chi connectivity index (χ1n) is 12.3. The van der Waals surface area contributed by atoms with Crippen molar-refractivity contribution in [1.82, 2.24) is 4.90 Å². The molecule has 0 aliphatic carbocycles. The van der Waals surface area contributed by atoms with Crippen LogP contribution in [0.4, 0.5) is 13.2 Å². The van der Waals surface area contributed by atoms with Gasteiger partial charge in [-0.05, 0) is 81.5 Å². The van der Waals surface area contributed by atoms with Crippen LogP contribution >= 0.6 is 0 Å². The Hall–Kier alpha value is -2.68. The van der Waals surface area contributed by atoms with E-state index in [1.165, 1.54) is 6.08 Å². The highest BCUT2D eigenvalue weighted by Gasteiger charge is 2.27. The van der Waals surface area contributed by atoms with E-state index in [0.29, 0.717) is 18.5 Å². The summed E-state index contributed by atoms with van der Waals surface area (Å²) in [6.45, 7) is 6.36. The first-order chi connectivity index (χ1) is 17.2. The van der Waals surface area contributed by atoms with Crippen LogP contribution in [0.15, 0.2) is 36.4 Å². The van der Waals surface area contributed by atoms with E-state index in [2.05, 4.69) is 4.90 Å². The molecule has 1 saturated heterocycles. The maximum absolute atomic E-state index is 14.5. The van der Waals surface area contributed by atoms with Gasteiger partial charge in [0.2, 0.25) is 0 Å². The Labute approximate surface area is 210 Å². The van der Waals surface area contributed by atoms with Crippen LogP contribution in [0.1, 0.15) is 55.0 Å². The molecule has 2 aromatic rings. The average molecular weight is 506 g/mol. The van der Waals surface area contributed by atoms with Crippen LogP contribution in [0.25, 0.3) is 6.08 Å². The number of ether oxygens (including phenoxy) is 2. The summed E-state index contributed by atoms with van der Waals surface area (Å²) in [5.74, 6) is -2.44. The van der Waals surface area contributed by atoms with Crippen molar-refractivity contribution >= 4 is 12.0 Å². The lowest BCUT2D eigenvalue weighted by atomic mass is 10.0. The molecule has 1 aliphatic heterocycles. The predicted octanol–water partition coefficient (Wildman–Crippen LogP) is 5.13. The number of likely N-dealkylation sites (tertiary alicyclic amines) is 1. The molecular weight excluding hydrogens is 471 g/mol. The molecule has 3 rings (SSSR count). The highest BCUT2D eigenvalue weighted by molar-refractivity contribution is 5.87. The van der Waals surface area contributed by atoms with Gasteiger partial charge in [-0.2, -0.15) is 0 Å². The zero-order valence-corrected chi connectivity index (χ0v) is 21.0. The molecule has 5 nitrogen and oxygen atoms in total. The Bertz CT molecular complexity index is 1080. The van der Waals surface area contributed by atoms with Crippen molar-refractivity contribution < 1.29 is 32.5 Å². The van der Waals surface area contributed by atoms with Gasteiger partial charge in [-0.25, -0.2) is 18.0 Å². The number of rotatable bonds is 11. The van der Waals surface area contributed by atoms with Gasteiger partial charge in [0.25, 0.3) is 0 Å². The number of carbonyl (C=O) groups is 1. The molecular formula is C28H34F3NO4. The molecule has 0 amide bonds. The largest absolute Gasteiger partial charge is 0.463 e. The minimum absolute atomic E-state index is 0.0244. The smallest absolute Gasteiger partial charge is 0.330 e. The van der Waals surface area contributed by atoms with Crippen molar-refractivity contribution in [3.63, 3.8) is 0 Å². The molecule has 0 unspecified atom stereocenters. The number of β-amino-alcohol motifs (C(OH)–C–C–N with tert-alkyl or cyclic N) is 1. The minimum Gasteiger partial charge on any atom is -0.463 e. The summed E-state index contributed by atoms with van der Waals surface area (Å²) < 4.78 is 52.9. The quantitative estimate of drug-likeness (QED) is 0.339. The summed E-state index contributed by atoms with van der Waals surface area (Å²) in [7, 11) is 0. The number of carbonyl (C=O) groups excluding carboxylic acids is 1. The first kappa shape index (κ1) is 27.9. The number of aryl methyl sites for hydroxylation is 1. The maximum atomic E-state index is 14.5. The van der Waals surface area contributed by atoms with Gasteiger partial charge in [0.15, 0.2) is 0 Å². The SMILES string of the molecule is CCOC(=O)C=Cc1c(F)cc(F)cc1[C@@H](C)OC[C@H](O)CN1CCC[C@H]1Cc1ccc(C)c(F)c1. The van der Waals surface area contributed by atoms with Crippen molar-refractivity contribution in [3.05, 3.63) is 76.1 Å². The number of aliphatic hydroxyl groups excluding tert-OH is 1. The molecule has 0 radical (unpaired) electrons. The number of esters is 1. The third-order valence-corrected chi connectivity index (χ3v) is 6.43. The molecule has 1 aliphatic rings. The summed E-state index contributed by atoms with van der Waals surface area (Å²) >= 11 is 0. The van der Waals surface area contributed by atoms with Crippen molar-refractivity contribution in [2.45, 2.75) is 58.3 Å². The number of nitrogens with zero attached hydrogens (tertiary/aromatic N) is 1. The van der Waals surface area contributed by atoms with E-state index in [4.69, 9.17) is 9.47 Å². The van der Waals surface area contributed by atoms with Gasteiger partial charge in [0, 0.05) is 30.3 Å². The fourth-order valence-electron chi connectivity index (χ4n) is 4.53. The first-order valence-corrected chi connectivity index (χ1v) is 12.3. The van der Waals surface area contributed by atoms with Crippen LogP contribution in [-0.2, 0) is 20.7 Å². The second-order valence-corrected chi connectivity index (χ2v) is 9.18. The van der Waals surface area contributed by atoms with Crippen molar-refractivity contribution in [3.8, 4) is 0 Å². The molecule has 3 atom stereocenters. The average Bonchev–Trinajstić information content (AvgIpc) is 3.25. The Balaban J connectivity index is 1.60. The molecule has 0 bridgehead atoms. The number of aliphatic hydroxyl groups is 1. The normalized spacial score (nSPS) is 18.0. The third kappa shape index (κ3) is 7.66. The van der Waals surface area contributed by atoms with Gasteiger partial charge in [-0.3, -0.25) is 4.90 Å². The van der Waals surface area contributed by atoms with Crippen LogP contribution in [0, 0.1) is 24.4 Å². The monoisotopic (exact) mass is 505 g/mol. The van der Waals surface area contributed by atoms with Gasteiger partial charge in [0.05, 0.1) is 25.4 Å². The molecule has 0 aromatic heterocycles. The van der Waals surface area contributed by atoms with E-state index in [1.807, 2.05) is 6.07 Å². The molecule has 1 N–H and O–H groups in total. The highest BCUT2D eigenvalue weighted by atomic mass is 19.1. The van der Waals surface area contributed by atoms with Crippen LogP contribution < -0.4 is 0 Å². The van der Waals surface area contributed by atoms with Crippen LogP contribution in [0.2, 0.25) is 0 Å². The van der Waals surface area contributed by atoms with Crippen molar-refractivity contribution in [2.75, 3.05) is 26.3 Å². The number of hydrogen-bond donors (Lipinski definition) is 1. The minimum atomic E-state index is -0.825. The van der Waals surface area contributed by atoms with Gasteiger partial charge >= 0.3 is 5.97 Å². The fraction of sp³-hybridized carbons (Fsp3) is 0.464. The summed E-state index contributed by atoms with van der Waals surface area (Å²) in [5.41, 5.74) is 1.78. The molecule has 1 fully saturated rings. The predicted molar refractivity (Wildman–Crippen MR) is 132 cm³/mol. The lowest BCUT2D eigenvalue weighted by Crippen LogP contribution is -2.39. The zero-order chi connectivity index (χ0) is 26.2. The maximum Gasteiger partial charge on any atom is 0.330 e. The molecule has 2 aromatic carbocycles. The van der Waals surface area contributed by atoms with Crippen LogP contribution in [0.3, 0.4) is 0 Å². The third-order valence-electron chi connectivity index (χ3n) is 6.43. The van der Waals surface area contributed by atoms with E-state index in [-0.39, 0.29) is 36.2 Å². The summed E-state index contributed by atoms with van der Waals surface area (Å²) in [6, 6.07) is 7.36. The summed E-state index contributed by atoms with van der Waals surface area (Å²) in [5, 5.41) is 10.6. The number of halogens is 3. The zero-order valence-electron chi connectivity index (χ0n) is 21.0. The van der Waals surface area contributed by atoms with E-state index in [9.17, 15) is 23.1 Å². The lowest BCUT2D eigenvalue weighted by molar-refractivity contribution is -0.137. The van der Waals surface area contributed by atoms with E-state index in [1.54, 1.807) is 32.9 Å². The molecule has 196 valence electrons. The lowest BCUT2D eigenvalue weighted by Gasteiger charge is -2.27. The molecule has 0 saturated carbocycles. The van der Waals surface area contributed by atoms with Crippen molar-refractivity contribution in [2.24, 2.45) is 0 Å². The van der Waals surface area contributed by atoms with Gasteiger partial charge in [-0.1, -0.05) is 12.1 Å². The highest BCUT2D eigenvalue weighted by Crippen LogP contribution is 2.27. The Morgan fingerprint density at radius 3 is 2.72 bits per heavy atom. The van der Waals surface area contributed by atoms with Gasteiger partial charge in [0.1, 0.15) is 17.5 Å². The number of hydrogen-bond acceptors (Lipinski definition) is 5. The molecule has 36 heavy (non-hydrogen) atoms. The summed E-state index contributed by atoms with van der Waals surface area (Å²) in [4.78, 5) is 13.8. The van der Waals surface area contributed by atoms with Crippen LogP contribution in [0.5, 0.6) is 0 Å². The Morgan fingerprint density at radius 1 is 1.22 bits per heavy atom. The van der Waals surface area contributed by atoms with E-state index in [0.717, 1.165) is 43.2 Å². The van der Waals surface area contributed by atoms with E-state index < -0.39 is 29.8 Å². The molecule has 8 heteroatoms. The molecule has 0 spiro atoms. The fourth-order valence-corrected chi connectivity index (χ4v) is 4.53. The number of benzene rings is 2. The van der Waals surface area contributed by atoms with E-state index >= 15 is 0 Å².